The van der Waals surface area contributed by atoms with E-state index in [0.717, 1.165) is 44.4 Å². The van der Waals surface area contributed by atoms with Gasteiger partial charge in [0, 0.05) is 73.6 Å². The molecule has 1 fully saturated rings. The van der Waals surface area contributed by atoms with Gasteiger partial charge in [0.25, 0.3) is 0 Å². The molecule has 11 heteroatoms. The maximum Gasteiger partial charge on any atom is 0.328 e. The van der Waals surface area contributed by atoms with E-state index in [9.17, 15) is 9.59 Å². The van der Waals surface area contributed by atoms with Gasteiger partial charge in [-0.3, -0.25) is 4.90 Å². The molecule has 1 aromatic carbocycles. The first-order chi connectivity index (χ1) is 18.4. The maximum absolute atomic E-state index is 9.55. The monoisotopic (exact) mass is 536 g/mol. The second-order valence-electron chi connectivity index (χ2n) is 8.30. The van der Waals surface area contributed by atoms with Crippen molar-refractivity contribution in [1.82, 2.24) is 14.9 Å². The number of carboxylic acid groups (broad SMARTS) is 2. The van der Waals surface area contributed by atoms with Gasteiger partial charge in [0.15, 0.2) is 0 Å². The first kappa shape index (κ1) is 28.4. The minimum atomic E-state index is -1.26. The van der Waals surface area contributed by atoms with Crippen molar-refractivity contribution in [3.8, 4) is 0 Å². The van der Waals surface area contributed by atoms with Gasteiger partial charge in [0.05, 0.1) is 0 Å². The number of carbonyl (C=O) groups is 2. The van der Waals surface area contributed by atoms with Crippen molar-refractivity contribution in [2.45, 2.75) is 6.54 Å². The summed E-state index contributed by atoms with van der Waals surface area (Å²) in [7, 11) is 0. The summed E-state index contributed by atoms with van der Waals surface area (Å²) in [6.07, 6.45) is 4.75. The predicted molar refractivity (Wildman–Crippen MR) is 153 cm³/mol. The molecule has 38 heavy (non-hydrogen) atoms. The Bertz CT molecular complexity index is 1200. The van der Waals surface area contributed by atoms with Gasteiger partial charge in [-0.15, -0.1) is 24.5 Å². The molecular formula is C27H32N6O4S. The standard InChI is InChI=1S/C23H28N6S.C4H4O4/c1-3-9-24-21-16-22(27-23(26-21)25-10-4-2)29-13-11-28(12-14-29)17-19-15-18-7-5-6-8-20(18)30-19;5-3(6)1-2-4(7)8/h3-8,15-16H,1-2,9-14,17H2,(H2,24,25,26,27);1-2H,(H,5,6)(H,7,8)/b;2-1+. The van der Waals surface area contributed by atoms with E-state index < -0.39 is 11.9 Å². The van der Waals surface area contributed by atoms with Crippen molar-refractivity contribution in [3.05, 3.63) is 78.7 Å². The number of nitrogens with zero attached hydrogens (tertiary/aromatic N) is 4. The van der Waals surface area contributed by atoms with Crippen molar-refractivity contribution >= 4 is 50.9 Å². The second kappa shape index (κ2) is 14.5. The Morgan fingerprint density at radius 2 is 1.61 bits per heavy atom. The molecule has 0 bridgehead atoms. The largest absolute Gasteiger partial charge is 0.478 e. The number of thiophene rings is 1. The van der Waals surface area contributed by atoms with E-state index in [1.54, 1.807) is 6.08 Å². The Kier molecular flexibility index (Phi) is 10.8. The third-order valence-corrected chi connectivity index (χ3v) is 6.57. The van der Waals surface area contributed by atoms with Crippen LogP contribution >= 0.6 is 11.3 Å². The number of piperazine rings is 1. The number of hydrogen-bond donors (Lipinski definition) is 4. The number of benzene rings is 1. The smallest absolute Gasteiger partial charge is 0.328 e. The number of aromatic nitrogens is 2. The minimum absolute atomic E-state index is 0.558. The Labute approximate surface area is 225 Å². The van der Waals surface area contributed by atoms with E-state index >= 15 is 0 Å². The zero-order valence-corrected chi connectivity index (χ0v) is 21.9. The molecule has 0 radical (unpaired) electrons. The van der Waals surface area contributed by atoms with E-state index in [1.807, 2.05) is 23.5 Å². The molecule has 1 saturated heterocycles. The number of fused-ring (bicyclic) bond motifs is 1. The average Bonchev–Trinajstić information content (AvgIpc) is 3.32. The van der Waals surface area contributed by atoms with Crippen LogP contribution in [0, 0.1) is 0 Å². The van der Waals surface area contributed by atoms with Crippen LogP contribution in [0.2, 0.25) is 0 Å². The Hall–Kier alpha value is -4.22. The highest BCUT2D eigenvalue weighted by Crippen LogP contribution is 2.27. The Balaban J connectivity index is 0.000000436. The van der Waals surface area contributed by atoms with E-state index in [1.165, 1.54) is 15.0 Å². The van der Waals surface area contributed by atoms with Gasteiger partial charge in [0.2, 0.25) is 5.95 Å². The van der Waals surface area contributed by atoms with E-state index in [-0.39, 0.29) is 0 Å². The summed E-state index contributed by atoms with van der Waals surface area (Å²) in [4.78, 5) is 34.6. The molecule has 3 heterocycles. The fourth-order valence-electron chi connectivity index (χ4n) is 3.72. The summed E-state index contributed by atoms with van der Waals surface area (Å²) in [6.45, 7) is 13.8. The van der Waals surface area contributed by atoms with Crippen LogP contribution in [-0.2, 0) is 16.1 Å². The first-order valence-corrected chi connectivity index (χ1v) is 12.9. The summed E-state index contributed by atoms with van der Waals surface area (Å²) in [5, 5.41) is 23.4. The second-order valence-corrected chi connectivity index (χ2v) is 9.47. The zero-order valence-electron chi connectivity index (χ0n) is 21.0. The van der Waals surface area contributed by atoms with Crippen LogP contribution in [0.15, 0.2) is 73.9 Å². The fraction of sp³-hybridized carbons (Fsp3) is 0.259. The van der Waals surface area contributed by atoms with Crippen molar-refractivity contribution < 1.29 is 19.8 Å². The summed E-state index contributed by atoms with van der Waals surface area (Å²) >= 11 is 1.90. The molecule has 0 atom stereocenters. The summed E-state index contributed by atoms with van der Waals surface area (Å²) < 4.78 is 1.37. The van der Waals surface area contributed by atoms with E-state index in [2.05, 4.69) is 68.9 Å². The van der Waals surface area contributed by atoms with Crippen molar-refractivity contribution in [2.75, 3.05) is 54.8 Å². The Morgan fingerprint density at radius 3 is 2.24 bits per heavy atom. The number of anilines is 3. The molecular weight excluding hydrogens is 504 g/mol. The van der Waals surface area contributed by atoms with Gasteiger partial charge in [-0.25, -0.2) is 9.59 Å². The number of hydrogen-bond acceptors (Lipinski definition) is 9. The number of aliphatic carboxylic acids is 2. The molecule has 3 aromatic rings. The molecule has 0 spiro atoms. The van der Waals surface area contributed by atoms with Crippen LogP contribution in [0.1, 0.15) is 4.88 Å². The summed E-state index contributed by atoms with van der Waals surface area (Å²) in [5.74, 6) is -0.143. The maximum atomic E-state index is 9.55. The van der Waals surface area contributed by atoms with Gasteiger partial charge >= 0.3 is 11.9 Å². The molecule has 10 nitrogen and oxygen atoms in total. The fourth-order valence-corrected chi connectivity index (χ4v) is 4.83. The topological polar surface area (TPSA) is 131 Å². The third-order valence-electron chi connectivity index (χ3n) is 5.47. The van der Waals surface area contributed by atoms with Gasteiger partial charge < -0.3 is 25.7 Å². The van der Waals surface area contributed by atoms with Crippen LogP contribution < -0.4 is 15.5 Å². The minimum Gasteiger partial charge on any atom is -0.478 e. The summed E-state index contributed by atoms with van der Waals surface area (Å²) in [6, 6.07) is 13.0. The molecule has 0 aliphatic carbocycles. The van der Waals surface area contributed by atoms with Gasteiger partial charge in [0.1, 0.15) is 11.6 Å². The lowest BCUT2D eigenvalue weighted by molar-refractivity contribution is -0.134. The molecule has 1 aliphatic rings. The number of nitrogens with one attached hydrogen (secondary N) is 2. The molecule has 200 valence electrons. The van der Waals surface area contributed by atoms with Crippen LogP contribution in [0.25, 0.3) is 10.1 Å². The van der Waals surface area contributed by atoms with Crippen LogP contribution in [0.5, 0.6) is 0 Å². The summed E-state index contributed by atoms with van der Waals surface area (Å²) in [5.41, 5.74) is 0. The third kappa shape index (κ3) is 9.02. The van der Waals surface area contributed by atoms with Crippen molar-refractivity contribution in [2.24, 2.45) is 0 Å². The van der Waals surface area contributed by atoms with Crippen LogP contribution in [0.4, 0.5) is 17.6 Å². The quantitative estimate of drug-likeness (QED) is 0.211. The predicted octanol–water partition coefficient (Wildman–Crippen LogP) is 3.92. The lowest BCUT2D eigenvalue weighted by atomic mass is 10.2. The molecule has 0 unspecified atom stereocenters. The Morgan fingerprint density at radius 1 is 0.947 bits per heavy atom. The van der Waals surface area contributed by atoms with Gasteiger partial charge in [-0.1, -0.05) is 30.4 Å². The molecule has 2 aromatic heterocycles. The highest BCUT2D eigenvalue weighted by molar-refractivity contribution is 7.19. The highest BCUT2D eigenvalue weighted by Gasteiger charge is 2.20. The molecule has 4 rings (SSSR count). The van der Waals surface area contributed by atoms with Crippen molar-refractivity contribution in [3.63, 3.8) is 0 Å². The van der Waals surface area contributed by atoms with Crippen molar-refractivity contribution in [1.29, 1.82) is 0 Å². The molecule has 0 saturated carbocycles. The van der Waals surface area contributed by atoms with Crippen LogP contribution in [-0.4, -0.2) is 76.3 Å². The van der Waals surface area contributed by atoms with Crippen LogP contribution in [0.3, 0.4) is 0 Å². The molecule has 1 aliphatic heterocycles. The lowest BCUT2D eigenvalue weighted by Crippen LogP contribution is -2.46. The molecule has 4 N–H and O–H groups in total. The zero-order chi connectivity index (χ0) is 27.3. The average molecular weight is 537 g/mol. The highest BCUT2D eigenvalue weighted by atomic mass is 32.1. The first-order valence-electron chi connectivity index (χ1n) is 12.0. The number of carboxylic acids is 2. The van der Waals surface area contributed by atoms with Gasteiger partial charge in [-0.2, -0.15) is 9.97 Å². The molecule has 0 amide bonds. The SMILES string of the molecule is C=CCNc1cc(N2CCN(Cc3cc4ccccc4s3)CC2)nc(NCC=C)n1.O=C(O)/C=C/C(=O)O. The number of rotatable bonds is 11. The lowest BCUT2D eigenvalue weighted by Gasteiger charge is -2.35. The van der Waals surface area contributed by atoms with E-state index in [0.29, 0.717) is 31.2 Å². The normalized spacial score (nSPS) is 13.5. The van der Waals surface area contributed by atoms with Gasteiger partial charge in [-0.05, 0) is 17.5 Å². The van der Waals surface area contributed by atoms with E-state index in [4.69, 9.17) is 15.2 Å².